The quantitative estimate of drug-likeness (QED) is 0.846. The average molecular weight is 324 g/mol. The number of halogens is 3. The van der Waals surface area contributed by atoms with Crippen LogP contribution in [0.5, 0.6) is 0 Å². The smallest absolute Gasteiger partial charge is 0.280 e. The third kappa shape index (κ3) is 4.30. The van der Waals surface area contributed by atoms with Gasteiger partial charge >= 0.3 is 0 Å². The minimum Gasteiger partial charge on any atom is -0.391 e. The Morgan fingerprint density at radius 1 is 1.09 bits per heavy atom. The van der Waals surface area contributed by atoms with Crippen LogP contribution in [0.25, 0.3) is 0 Å². The molecule has 0 spiro atoms. The second kappa shape index (κ2) is 7.57. The predicted molar refractivity (Wildman–Crippen MR) is 81.6 cm³/mol. The van der Waals surface area contributed by atoms with Gasteiger partial charge in [-0.1, -0.05) is 24.3 Å². The molecular formula is C17H19F3N2O. The van der Waals surface area contributed by atoms with E-state index in [2.05, 4.69) is 10.3 Å². The van der Waals surface area contributed by atoms with Crippen LogP contribution in [0.2, 0.25) is 0 Å². The number of alkyl halides is 2. The molecule has 0 aliphatic rings. The van der Waals surface area contributed by atoms with Crippen LogP contribution in [0.3, 0.4) is 0 Å². The zero-order valence-electron chi connectivity index (χ0n) is 12.9. The monoisotopic (exact) mass is 324 g/mol. The molecule has 23 heavy (non-hydrogen) atoms. The maximum absolute atomic E-state index is 13.9. The van der Waals surface area contributed by atoms with E-state index in [1.807, 2.05) is 0 Å². The number of aliphatic hydroxyl groups excluding tert-OH is 1. The molecule has 0 saturated carbocycles. The summed E-state index contributed by atoms with van der Waals surface area (Å²) in [6, 6.07) is 8.09. The van der Waals surface area contributed by atoms with Crippen molar-refractivity contribution in [2.75, 3.05) is 0 Å². The van der Waals surface area contributed by atoms with Gasteiger partial charge in [-0.3, -0.25) is 4.98 Å². The molecule has 2 N–H and O–H groups in total. The molecule has 6 heteroatoms. The number of hydrogen-bond donors (Lipinski definition) is 2. The molecule has 2 rings (SSSR count). The minimum atomic E-state index is -2.61. The van der Waals surface area contributed by atoms with Gasteiger partial charge in [-0.15, -0.1) is 0 Å². The standard InChI is InChI=1S/C17H19F3N2O/c1-10(12-7-8-15(17(19)20)21-9-12)22-16(11(2)23)13-5-3-4-6-14(13)18/h3-11,16-17,22-23H,1-2H3. The summed E-state index contributed by atoms with van der Waals surface area (Å²) in [5.74, 6) is -0.413. The molecule has 0 bridgehead atoms. The number of hydrogen-bond acceptors (Lipinski definition) is 3. The van der Waals surface area contributed by atoms with E-state index in [0.29, 0.717) is 11.1 Å². The molecule has 0 radical (unpaired) electrons. The number of aliphatic hydroxyl groups is 1. The molecule has 1 heterocycles. The molecule has 2 aromatic rings. The largest absolute Gasteiger partial charge is 0.391 e. The normalized spacial score (nSPS) is 15.4. The third-order valence-electron chi connectivity index (χ3n) is 3.69. The van der Waals surface area contributed by atoms with Crippen molar-refractivity contribution in [2.45, 2.75) is 38.5 Å². The fourth-order valence-corrected chi connectivity index (χ4v) is 2.38. The molecule has 0 amide bonds. The van der Waals surface area contributed by atoms with Crippen molar-refractivity contribution in [1.29, 1.82) is 0 Å². The van der Waals surface area contributed by atoms with Crippen molar-refractivity contribution in [2.24, 2.45) is 0 Å². The Labute approximate surface area is 133 Å². The molecule has 3 nitrogen and oxygen atoms in total. The number of benzene rings is 1. The second-order valence-corrected chi connectivity index (χ2v) is 5.45. The Balaban J connectivity index is 2.18. The molecule has 0 aliphatic carbocycles. The first kappa shape index (κ1) is 17.4. The fourth-order valence-electron chi connectivity index (χ4n) is 2.38. The number of rotatable bonds is 6. The third-order valence-corrected chi connectivity index (χ3v) is 3.69. The van der Waals surface area contributed by atoms with E-state index in [0.717, 1.165) is 0 Å². The Hall–Kier alpha value is -1.92. The molecule has 1 aromatic heterocycles. The van der Waals surface area contributed by atoms with Crippen LogP contribution >= 0.6 is 0 Å². The Kier molecular flexibility index (Phi) is 5.74. The van der Waals surface area contributed by atoms with Crippen LogP contribution < -0.4 is 5.32 Å². The lowest BCUT2D eigenvalue weighted by Crippen LogP contribution is -2.33. The zero-order valence-corrected chi connectivity index (χ0v) is 12.9. The Morgan fingerprint density at radius 2 is 1.78 bits per heavy atom. The van der Waals surface area contributed by atoms with Crippen LogP contribution in [0.15, 0.2) is 42.6 Å². The van der Waals surface area contributed by atoms with Gasteiger partial charge in [0.2, 0.25) is 0 Å². The molecule has 0 saturated heterocycles. The minimum absolute atomic E-state index is 0.290. The lowest BCUT2D eigenvalue weighted by atomic mass is 9.99. The summed E-state index contributed by atoms with van der Waals surface area (Å²) in [7, 11) is 0. The van der Waals surface area contributed by atoms with Gasteiger partial charge in [-0.05, 0) is 31.5 Å². The average Bonchev–Trinajstić information content (AvgIpc) is 2.53. The van der Waals surface area contributed by atoms with Gasteiger partial charge in [0.15, 0.2) is 0 Å². The lowest BCUT2D eigenvalue weighted by molar-refractivity contribution is 0.137. The van der Waals surface area contributed by atoms with Gasteiger partial charge in [-0.2, -0.15) is 0 Å². The van der Waals surface area contributed by atoms with Gasteiger partial charge in [0.1, 0.15) is 11.5 Å². The highest BCUT2D eigenvalue weighted by atomic mass is 19.3. The highest BCUT2D eigenvalue weighted by molar-refractivity contribution is 5.24. The summed E-state index contributed by atoms with van der Waals surface area (Å²) >= 11 is 0. The first-order valence-electron chi connectivity index (χ1n) is 7.32. The van der Waals surface area contributed by atoms with Crippen LogP contribution in [0.1, 0.15) is 49.2 Å². The summed E-state index contributed by atoms with van der Waals surface area (Å²) in [5, 5.41) is 13.1. The Bertz CT molecular complexity index is 632. The van der Waals surface area contributed by atoms with Gasteiger partial charge in [0, 0.05) is 17.8 Å². The highest BCUT2D eigenvalue weighted by Gasteiger charge is 2.23. The van der Waals surface area contributed by atoms with Crippen LogP contribution in [-0.4, -0.2) is 16.2 Å². The summed E-state index contributed by atoms with van der Waals surface area (Å²) in [4.78, 5) is 3.72. The van der Waals surface area contributed by atoms with E-state index >= 15 is 0 Å². The van der Waals surface area contributed by atoms with Crippen LogP contribution in [-0.2, 0) is 0 Å². The van der Waals surface area contributed by atoms with Crippen molar-refractivity contribution in [1.82, 2.24) is 10.3 Å². The molecule has 3 atom stereocenters. The zero-order chi connectivity index (χ0) is 17.0. The lowest BCUT2D eigenvalue weighted by Gasteiger charge is -2.26. The molecule has 124 valence electrons. The number of aromatic nitrogens is 1. The van der Waals surface area contributed by atoms with Crippen molar-refractivity contribution in [3.05, 3.63) is 65.2 Å². The fraction of sp³-hybridized carbons (Fsp3) is 0.353. The number of pyridine rings is 1. The van der Waals surface area contributed by atoms with Gasteiger partial charge < -0.3 is 10.4 Å². The Morgan fingerprint density at radius 3 is 2.30 bits per heavy atom. The molecule has 0 aliphatic heterocycles. The van der Waals surface area contributed by atoms with Crippen molar-refractivity contribution in [3.63, 3.8) is 0 Å². The van der Waals surface area contributed by atoms with Gasteiger partial charge in [0.05, 0.1) is 12.1 Å². The van der Waals surface area contributed by atoms with Crippen LogP contribution in [0.4, 0.5) is 13.2 Å². The highest BCUT2D eigenvalue weighted by Crippen LogP contribution is 2.25. The maximum atomic E-state index is 13.9. The molecule has 3 unspecified atom stereocenters. The first-order valence-corrected chi connectivity index (χ1v) is 7.32. The van der Waals surface area contributed by atoms with Gasteiger partial charge in [-0.25, -0.2) is 13.2 Å². The van der Waals surface area contributed by atoms with E-state index in [-0.39, 0.29) is 11.7 Å². The van der Waals surface area contributed by atoms with E-state index in [1.54, 1.807) is 38.1 Å². The predicted octanol–water partition coefficient (Wildman–Crippen LogP) is 3.93. The number of nitrogens with one attached hydrogen (secondary N) is 1. The van der Waals surface area contributed by atoms with Gasteiger partial charge in [0.25, 0.3) is 6.43 Å². The first-order chi connectivity index (χ1) is 10.9. The summed E-state index contributed by atoms with van der Waals surface area (Å²) in [5.41, 5.74) is 0.741. The van der Waals surface area contributed by atoms with E-state index in [1.165, 1.54) is 18.3 Å². The SMILES string of the molecule is CC(NC(c1ccccc1F)C(C)O)c1ccc(C(F)F)nc1. The summed E-state index contributed by atoms with van der Waals surface area (Å²) < 4.78 is 39.0. The summed E-state index contributed by atoms with van der Waals surface area (Å²) in [6.45, 7) is 3.37. The van der Waals surface area contributed by atoms with E-state index < -0.39 is 24.4 Å². The van der Waals surface area contributed by atoms with E-state index in [9.17, 15) is 18.3 Å². The van der Waals surface area contributed by atoms with E-state index in [4.69, 9.17) is 0 Å². The summed E-state index contributed by atoms with van der Waals surface area (Å²) in [6.07, 6.45) is -2.09. The van der Waals surface area contributed by atoms with Crippen molar-refractivity contribution >= 4 is 0 Å². The second-order valence-electron chi connectivity index (χ2n) is 5.45. The molecular weight excluding hydrogens is 305 g/mol. The molecule has 0 fully saturated rings. The topological polar surface area (TPSA) is 45.1 Å². The number of nitrogens with zero attached hydrogens (tertiary/aromatic N) is 1. The maximum Gasteiger partial charge on any atom is 0.280 e. The van der Waals surface area contributed by atoms with Crippen molar-refractivity contribution in [3.8, 4) is 0 Å². The van der Waals surface area contributed by atoms with Crippen LogP contribution in [0, 0.1) is 5.82 Å². The molecule has 1 aromatic carbocycles. The van der Waals surface area contributed by atoms with Crippen molar-refractivity contribution < 1.29 is 18.3 Å².